The molecule has 2 heterocycles. The van der Waals surface area contributed by atoms with Crippen molar-refractivity contribution in [2.24, 2.45) is 0 Å². The van der Waals surface area contributed by atoms with Gasteiger partial charge >= 0.3 is 0 Å². The second kappa shape index (κ2) is 6.47. The van der Waals surface area contributed by atoms with Gasteiger partial charge in [-0.25, -0.2) is 19.0 Å². The predicted molar refractivity (Wildman–Crippen MR) is 88.9 cm³/mol. The molecule has 1 aromatic carbocycles. The second-order valence-electron chi connectivity index (χ2n) is 4.80. The van der Waals surface area contributed by atoms with Crippen LogP contribution in [0.25, 0.3) is 11.3 Å². The Morgan fingerprint density at radius 1 is 1.27 bits per heavy atom. The SMILES string of the molecule is Cc1ncc(Cn2cnc(CF)n2)nc1-c1cccc(I)c1. The van der Waals surface area contributed by atoms with Gasteiger partial charge in [-0.15, -0.1) is 0 Å². The Labute approximate surface area is 140 Å². The van der Waals surface area contributed by atoms with E-state index in [0.29, 0.717) is 6.54 Å². The van der Waals surface area contributed by atoms with Gasteiger partial charge in [-0.3, -0.25) is 4.98 Å². The van der Waals surface area contributed by atoms with E-state index in [1.165, 1.54) is 6.33 Å². The molecule has 0 spiro atoms. The molecule has 0 radical (unpaired) electrons. The lowest BCUT2D eigenvalue weighted by Crippen LogP contribution is -2.05. The van der Waals surface area contributed by atoms with Crippen LogP contribution in [0.3, 0.4) is 0 Å². The smallest absolute Gasteiger partial charge is 0.181 e. The monoisotopic (exact) mass is 409 g/mol. The van der Waals surface area contributed by atoms with E-state index < -0.39 is 6.67 Å². The molecule has 3 rings (SSSR count). The number of hydrogen-bond donors (Lipinski definition) is 0. The summed E-state index contributed by atoms with van der Waals surface area (Å²) in [6.45, 7) is 1.68. The predicted octanol–water partition coefficient (Wildman–Crippen LogP) is 3.17. The summed E-state index contributed by atoms with van der Waals surface area (Å²) < 4.78 is 15.2. The van der Waals surface area contributed by atoms with Gasteiger partial charge in [-0.1, -0.05) is 12.1 Å². The van der Waals surface area contributed by atoms with E-state index in [0.717, 1.165) is 26.2 Å². The standard InChI is InChI=1S/C15H13FIN5/c1-10-15(11-3-2-4-12(17)5-11)20-13(7-18-10)8-22-9-19-14(6-16)21-22/h2-5,7,9H,6,8H2,1H3. The fourth-order valence-corrected chi connectivity index (χ4v) is 2.65. The maximum atomic E-state index is 12.5. The van der Waals surface area contributed by atoms with Gasteiger partial charge in [-0.05, 0) is 41.6 Å². The first-order valence-corrected chi connectivity index (χ1v) is 7.76. The van der Waals surface area contributed by atoms with Crippen molar-refractivity contribution in [3.05, 3.63) is 57.6 Å². The van der Waals surface area contributed by atoms with Gasteiger partial charge in [-0.2, -0.15) is 5.10 Å². The number of benzene rings is 1. The summed E-state index contributed by atoms with van der Waals surface area (Å²) in [5, 5.41) is 4.02. The van der Waals surface area contributed by atoms with E-state index in [9.17, 15) is 4.39 Å². The molecule has 0 amide bonds. The highest BCUT2D eigenvalue weighted by Gasteiger charge is 2.09. The number of aryl methyl sites for hydroxylation is 1. The summed E-state index contributed by atoms with van der Waals surface area (Å²) in [5.41, 5.74) is 3.51. The lowest BCUT2D eigenvalue weighted by molar-refractivity contribution is 0.462. The summed E-state index contributed by atoms with van der Waals surface area (Å²) >= 11 is 2.27. The first-order chi connectivity index (χ1) is 10.7. The van der Waals surface area contributed by atoms with Crippen LogP contribution in [0.5, 0.6) is 0 Å². The van der Waals surface area contributed by atoms with Crippen molar-refractivity contribution in [1.82, 2.24) is 24.7 Å². The Balaban J connectivity index is 1.92. The van der Waals surface area contributed by atoms with E-state index in [1.54, 1.807) is 10.9 Å². The molecule has 22 heavy (non-hydrogen) atoms. The third-order valence-electron chi connectivity index (χ3n) is 3.13. The Hall–Kier alpha value is -1.90. The fourth-order valence-electron chi connectivity index (χ4n) is 2.11. The Morgan fingerprint density at radius 2 is 2.14 bits per heavy atom. The van der Waals surface area contributed by atoms with E-state index in [4.69, 9.17) is 0 Å². The Kier molecular flexibility index (Phi) is 4.41. The largest absolute Gasteiger partial charge is 0.257 e. The highest BCUT2D eigenvalue weighted by molar-refractivity contribution is 14.1. The Morgan fingerprint density at radius 3 is 2.86 bits per heavy atom. The minimum absolute atomic E-state index is 0.179. The molecular weight excluding hydrogens is 396 g/mol. The van der Waals surface area contributed by atoms with Gasteiger partial charge in [0, 0.05) is 9.13 Å². The van der Waals surface area contributed by atoms with Crippen molar-refractivity contribution in [3.63, 3.8) is 0 Å². The molecule has 0 saturated carbocycles. The molecule has 0 bridgehead atoms. The topological polar surface area (TPSA) is 56.5 Å². The van der Waals surface area contributed by atoms with E-state index >= 15 is 0 Å². The number of aromatic nitrogens is 5. The molecule has 7 heteroatoms. The highest BCUT2D eigenvalue weighted by atomic mass is 127. The van der Waals surface area contributed by atoms with Gasteiger partial charge in [0.05, 0.1) is 29.8 Å². The van der Waals surface area contributed by atoms with Gasteiger partial charge in [0.15, 0.2) is 12.5 Å². The molecule has 0 N–H and O–H groups in total. The highest BCUT2D eigenvalue weighted by Crippen LogP contribution is 2.22. The summed E-state index contributed by atoms with van der Waals surface area (Å²) in [5.74, 6) is 0.179. The lowest BCUT2D eigenvalue weighted by Gasteiger charge is -2.08. The number of nitrogens with zero attached hydrogens (tertiary/aromatic N) is 5. The third kappa shape index (κ3) is 3.29. The van der Waals surface area contributed by atoms with Crippen LogP contribution < -0.4 is 0 Å². The zero-order valence-corrected chi connectivity index (χ0v) is 14.0. The van der Waals surface area contributed by atoms with Crippen LogP contribution in [-0.4, -0.2) is 24.7 Å². The summed E-state index contributed by atoms with van der Waals surface area (Å²) in [7, 11) is 0. The van der Waals surface area contributed by atoms with E-state index in [2.05, 4.69) is 48.7 Å². The average molecular weight is 409 g/mol. The first kappa shape index (κ1) is 15.0. The minimum Gasteiger partial charge on any atom is -0.257 e. The van der Waals surface area contributed by atoms with Gasteiger partial charge < -0.3 is 0 Å². The number of rotatable bonds is 4. The molecule has 0 aliphatic heterocycles. The molecular formula is C15H13FIN5. The van der Waals surface area contributed by atoms with Crippen molar-refractivity contribution in [2.75, 3.05) is 0 Å². The fraction of sp³-hybridized carbons (Fsp3) is 0.200. The molecule has 0 aliphatic carbocycles. The Bertz CT molecular complexity index is 802. The summed E-state index contributed by atoms with van der Waals surface area (Å²) in [6.07, 6.45) is 3.21. The van der Waals surface area contributed by atoms with Crippen LogP contribution in [0, 0.1) is 10.5 Å². The zero-order valence-electron chi connectivity index (χ0n) is 11.9. The number of hydrogen-bond acceptors (Lipinski definition) is 4. The quantitative estimate of drug-likeness (QED) is 0.622. The molecule has 0 unspecified atom stereocenters. The van der Waals surface area contributed by atoms with E-state index in [1.807, 2.05) is 25.1 Å². The van der Waals surface area contributed by atoms with Crippen molar-refractivity contribution >= 4 is 22.6 Å². The maximum Gasteiger partial charge on any atom is 0.181 e. The number of halogens is 2. The molecule has 0 aliphatic rings. The van der Waals surface area contributed by atoms with Crippen molar-refractivity contribution in [2.45, 2.75) is 20.1 Å². The summed E-state index contributed by atoms with van der Waals surface area (Å²) in [4.78, 5) is 12.9. The van der Waals surface area contributed by atoms with Crippen LogP contribution in [0.2, 0.25) is 0 Å². The summed E-state index contributed by atoms with van der Waals surface area (Å²) in [6, 6.07) is 8.11. The number of alkyl halides is 1. The molecule has 3 aromatic rings. The van der Waals surface area contributed by atoms with Crippen LogP contribution >= 0.6 is 22.6 Å². The molecule has 2 aromatic heterocycles. The van der Waals surface area contributed by atoms with E-state index in [-0.39, 0.29) is 5.82 Å². The van der Waals surface area contributed by atoms with Crippen molar-refractivity contribution in [3.8, 4) is 11.3 Å². The lowest BCUT2D eigenvalue weighted by atomic mass is 10.1. The maximum absolute atomic E-state index is 12.5. The second-order valence-corrected chi connectivity index (χ2v) is 6.04. The van der Waals surface area contributed by atoms with Crippen molar-refractivity contribution < 1.29 is 4.39 Å². The zero-order chi connectivity index (χ0) is 15.5. The van der Waals surface area contributed by atoms with Crippen LogP contribution in [0.15, 0.2) is 36.8 Å². The minimum atomic E-state index is -0.666. The molecule has 0 atom stereocenters. The molecule has 0 fully saturated rings. The van der Waals surface area contributed by atoms with Gasteiger partial charge in [0.25, 0.3) is 0 Å². The molecule has 0 saturated heterocycles. The third-order valence-corrected chi connectivity index (χ3v) is 3.80. The van der Waals surface area contributed by atoms with Crippen LogP contribution in [0.1, 0.15) is 17.2 Å². The molecule has 112 valence electrons. The molecule has 5 nitrogen and oxygen atoms in total. The van der Waals surface area contributed by atoms with Crippen molar-refractivity contribution in [1.29, 1.82) is 0 Å². The van der Waals surface area contributed by atoms with Crippen LogP contribution in [-0.2, 0) is 13.2 Å². The first-order valence-electron chi connectivity index (χ1n) is 6.68. The normalized spacial score (nSPS) is 10.9. The van der Waals surface area contributed by atoms with Gasteiger partial charge in [0.2, 0.25) is 0 Å². The van der Waals surface area contributed by atoms with Crippen LogP contribution in [0.4, 0.5) is 4.39 Å². The van der Waals surface area contributed by atoms with Gasteiger partial charge in [0.1, 0.15) is 6.33 Å². The average Bonchev–Trinajstić information content (AvgIpc) is 2.97.